The van der Waals surface area contributed by atoms with Crippen molar-refractivity contribution in [3.8, 4) is 24.7 Å². The maximum absolute atomic E-state index is 11.3. The second-order valence-electron chi connectivity index (χ2n) is 13.8. The number of unbranched alkanes of at least 4 members (excludes halogenated alkanes) is 9. The zero-order valence-corrected chi connectivity index (χ0v) is 29.2. The Labute approximate surface area is 272 Å². The Hall–Kier alpha value is -2.08. The van der Waals surface area contributed by atoms with Gasteiger partial charge in [-0.3, -0.25) is 14.5 Å². The molecule has 1 aliphatic heterocycles. The lowest BCUT2D eigenvalue weighted by atomic mass is 9.86. The van der Waals surface area contributed by atoms with Gasteiger partial charge in [-0.25, -0.2) is 0 Å². The molecule has 1 fully saturated rings. The van der Waals surface area contributed by atoms with Crippen LogP contribution in [0, 0.1) is 36.5 Å². The zero-order chi connectivity index (χ0) is 33.3. The first-order chi connectivity index (χ1) is 20.9. The molecule has 0 aromatic carbocycles. The summed E-state index contributed by atoms with van der Waals surface area (Å²) < 4.78 is 0. The van der Waals surface area contributed by atoms with Gasteiger partial charge in [0.25, 0.3) is 11.8 Å². The lowest BCUT2D eigenvalue weighted by Gasteiger charge is -2.26. The van der Waals surface area contributed by atoms with Gasteiger partial charge in [-0.05, 0) is 63.7 Å². The van der Waals surface area contributed by atoms with Gasteiger partial charge in [0.2, 0.25) is 0 Å². The minimum absolute atomic E-state index is 0.152. The van der Waals surface area contributed by atoms with Crippen LogP contribution in [0.25, 0.3) is 0 Å². The van der Waals surface area contributed by atoms with E-state index in [2.05, 4.69) is 39.5 Å². The Kier molecular flexibility index (Phi) is 24.0. The number of carbonyl (C=O) groups is 2. The smallest absolute Gasteiger partial charge is 0.253 e. The molecule has 0 saturated heterocycles. The third-order valence-electron chi connectivity index (χ3n) is 8.74. The lowest BCUT2D eigenvalue weighted by molar-refractivity contribution is -0.136. The van der Waals surface area contributed by atoms with Gasteiger partial charge in [-0.1, -0.05) is 129 Å². The van der Waals surface area contributed by atoms with Gasteiger partial charge in [0.1, 0.15) is 11.2 Å². The molecule has 2 rings (SSSR count). The Morgan fingerprint density at radius 2 is 1.32 bits per heavy atom. The highest BCUT2D eigenvalue weighted by molar-refractivity contribution is 6.12. The van der Waals surface area contributed by atoms with Crippen molar-refractivity contribution in [2.75, 3.05) is 6.54 Å². The molecule has 2 unspecified atom stereocenters. The topological polar surface area (TPSA) is 77.8 Å². The van der Waals surface area contributed by atoms with Crippen LogP contribution >= 0.6 is 0 Å². The van der Waals surface area contributed by atoms with Crippen molar-refractivity contribution in [3.05, 3.63) is 12.2 Å². The average molecular weight is 614 g/mol. The molecule has 2 aliphatic rings. The second kappa shape index (κ2) is 25.2. The molecule has 2 atom stereocenters. The van der Waals surface area contributed by atoms with Crippen LogP contribution in [-0.2, 0) is 9.59 Å². The first-order valence-corrected chi connectivity index (χ1v) is 17.8. The number of hydrogen-bond acceptors (Lipinski definition) is 4. The maximum Gasteiger partial charge on any atom is 0.253 e. The van der Waals surface area contributed by atoms with Crippen LogP contribution in [0.5, 0.6) is 0 Å². The molecule has 1 heterocycles. The molecule has 0 spiro atoms. The van der Waals surface area contributed by atoms with Gasteiger partial charge in [0.05, 0.1) is 0 Å². The number of hydrogen-bond donors (Lipinski definition) is 2. The molecule has 0 radical (unpaired) electrons. The molecule has 2 N–H and O–H groups in total. The van der Waals surface area contributed by atoms with E-state index in [9.17, 15) is 19.8 Å². The number of carbonyl (C=O) groups excluding carboxylic acids is 2. The normalized spacial score (nSPS) is 17.5. The molecule has 252 valence electrons. The highest BCUT2D eigenvalue weighted by Gasteiger charge is 2.25. The van der Waals surface area contributed by atoms with E-state index in [4.69, 9.17) is 12.8 Å². The van der Waals surface area contributed by atoms with Crippen molar-refractivity contribution in [2.24, 2.45) is 11.8 Å². The molecule has 5 nitrogen and oxygen atoms in total. The first-order valence-electron chi connectivity index (χ1n) is 17.8. The SMILES string of the molecule is C#CC(C)(O)CCCC(C)CCCC(C)C.C#CC1(O)CCCCC1.CCCCCCCCCCCCN1C(=O)C=CC1=O. The molecule has 0 aromatic rings. The summed E-state index contributed by atoms with van der Waals surface area (Å²) in [7, 11) is 0. The van der Waals surface area contributed by atoms with Gasteiger partial charge >= 0.3 is 0 Å². The summed E-state index contributed by atoms with van der Waals surface area (Å²) in [5.74, 6) is 6.13. The van der Waals surface area contributed by atoms with Crippen LogP contribution in [0.3, 0.4) is 0 Å². The van der Waals surface area contributed by atoms with Gasteiger partial charge in [0, 0.05) is 18.7 Å². The van der Waals surface area contributed by atoms with E-state index in [0.29, 0.717) is 6.54 Å². The third-order valence-corrected chi connectivity index (χ3v) is 8.74. The van der Waals surface area contributed by atoms with Crippen molar-refractivity contribution in [1.82, 2.24) is 4.90 Å². The van der Waals surface area contributed by atoms with Crippen LogP contribution in [0.15, 0.2) is 12.2 Å². The van der Waals surface area contributed by atoms with Gasteiger partial charge < -0.3 is 10.2 Å². The Morgan fingerprint density at radius 3 is 1.77 bits per heavy atom. The van der Waals surface area contributed by atoms with Crippen LogP contribution in [0.2, 0.25) is 0 Å². The van der Waals surface area contributed by atoms with Gasteiger partial charge in [0.15, 0.2) is 0 Å². The molecule has 2 amide bonds. The van der Waals surface area contributed by atoms with Crippen molar-refractivity contribution < 1.29 is 19.8 Å². The molecule has 1 aliphatic carbocycles. The lowest BCUT2D eigenvalue weighted by Crippen LogP contribution is -2.30. The van der Waals surface area contributed by atoms with E-state index in [-0.39, 0.29) is 11.8 Å². The number of terminal acetylenes is 2. The summed E-state index contributed by atoms with van der Waals surface area (Å²) in [5, 5.41) is 19.1. The van der Waals surface area contributed by atoms with E-state index in [1.807, 2.05) is 0 Å². The van der Waals surface area contributed by atoms with Crippen molar-refractivity contribution in [3.63, 3.8) is 0 Å². The quantitative estimate of drug-likeness (QED) is 0.0865. The first kappa shape index (κ1) is 41.9. The van der Waals surface area contributed by atoms with E-state index >= 15 is 0 Å². The number of amides is 2. The summed E-state index contributed by atoms with van der Waals surface area (Å²) in [5.41, 5.74) is -1.66. The zero-order valence-electron chi connectivity index (χ0n) is 29.2. The Balaban J connectivity index is 0.000000668. The monoisotopic (exact) mass is 614 g/mol. The molecular weight excluding hydrogens is 546 g/mol. The number of aliphatic hydroxyl groups is 2. The van der Waals surface area contributed by atoms with Crippen molar-refractivity contribution in [1.29, 1.82) is 0 Å². The molecule has 5 heteroatoms. The highest BCUT2D eigenvalue weighted by atomic mass is 16.3. The summed E-state index contributed by atoms with van der Waals surface area (Å²) in [6, 6.07) is 0. The largest absolute Gasteiger partial charge is 0.378 e. The molecule has 0 bridgehead atoms. The van der Waals surface area contributed by atoms with Crippen LogP contribution < -0.4 is 0 Å². The summed E-state index contributed by atoms with van der Waals surface area (Å²) in [6.45, 7) is 11.4. The summed E-state index contributed by atoms with van der Waals surface area (Å²) >= 11 is 0. The Morgan fingerprint density at radius 1 is 0.818 bits per heavy atom. The average Bonchev–Trinajstić information content (AvgIpc) is 3.31. The summed E-state index contributed by atoms with van der Waals surface area (Å²) in [4.78, 5) is 23.9. The highest BCUT2D eigenvalue weighted by Crippen LogP contribution is 2.26. The minimum Gasteiger partial charge on any atom is -0.378 e. The van der Waals surface area contributed by atoms with Crippen LogP contribution in [0.1, 0.15) is 169 Å². The van der Waals surface area contributed by atoms with Gasteiger partial charge in [-0.2, -0.15) is 0 Å². The Bertz CT molecular complexity index is 852. The van der Waals surface area contributed by atoms with E-state index < -0.39 is 11.2 Å². The molecule has 0 aromatic heterocycles. The summed E-state index contributed by atoms with van der Waals surface area (Å²) in [6.07, 6.45) is 37.6. The van der Waals surface area contributed by atoms with Crippen LogP contribution in [-0.4, -0.2) is 44.7 Å². The molecule has 1 saturated carbocycles. The minimum atomic E-state index is -0.905. The van der Waals surface area contributed by atoms with E-state index in [0.717, 1.165) is 63.2 Å². The fraction of sp³-hybridized carbons (Fsp3) is 0.795. The molecular formula is C39H67NO4. The van der Waals surface area contributed by atoms with Crippen molar-refractivity contribution in [2.45, 2.75) is 181 Å². The van der Waals surface area contributed by atoms with Crippen molar-refractivity contribution >= 4 is 11.8 Å². The van der Waals surface area contributed by atoms with E-state index in [1.165, 1.54) is 101 Å². The number of rotatable bonds is 19. The number of nitrogens with zero attached hydrogens (tertiary/aromatic N) is 1. The molecule has 44 heavy (non-hydrogen) atoms. The number of imide groups is 1. The third kappa shape index (κ3) is 22.4. The van der Waals surface area contributed by atoms with E-state index in [1.54, 1.807) is 6.92 Å². The maximum atomic E-state index is 11.3. The second-order valence-corrected chi connectivity index (χ2v) is 13.8. The fourth-order valence-electron chi connectivity index (χ4n) is 5.58. The fourth-order valence-corrected chi connectivity index (χ4v) is 5.58. The van der Waals surface area contributed by atoms with Crippen LogP contribution in [0.4, 0.5) is 0 Å². The predicted octanol–water partition coefficient (Wildman–Crippen LogP) is 9.15. The van der Waals surface area contributed by atoms with Gasteiger partial charge in [-0.15, -0.1) is 12.8 Å². The predicted molar refractivity (Wildman–Crippen MR) is 186 cm³/mol. The standard InChI is InChI=1S/C16H27NO2.C15H28O.C8H12O/c1-2-3-4-5-6-7-8-9-10-11-14-17-15(18)12-13-16(17)19;1-6-15(5,16)12-8-11-14(4)10-7-9-13(2)3;1-2-8(9)6-4-3-5-7-8/h12-13H,2-11,14H2,1H3;1,13-14,16H,7-12H2,2-5H3;1,9H,3-7H2.